The van der Waals surface area contributed by atoms with Crippen LogP contribution in [0.1, 0.15) is 5.56 Å². The van der Waals surface area contributed by atoms with Gasteiger partial charge in [0.2, 0.25) is 5.91 Å². The van der Waals surface area contributed by atoms with Crippen LogP contribution in [0.4, 0.5) is 11.4 Å². The molecular weight excluding hydrogens is 410 g/mol. The Labute approximate surface area is 168 Å². The molecule has 1 fully saturated rings. The fraction of sp³-hybridized carbons (Fsp3) is 0.350. The Bertz CT molecular complexity index is 758. The number of likely N-dealkylation sites (N-methyl/N-ethyl adjacent to an activating group) is 1. The highest BCUT2D eigenvalue weighted by Gasteiger charge is 2.15. The topological polar surface area (TPSA) is 35.6 Å². The molecule has 1 saturated heterocycles. The lowest BCUT2D eigenvalue weighted by molar-refractivity contribution is -0.113. The van der Waals surface area contributed by atoms with Crippen molar-refractivity contribution in [3.63, 3.8) is 0 Å². The van der Waals surface area contributed by atoms with Crippen molar-refractivity contribution < 1.29 is 4.79 Å². The molecule has 2 aromatic carbocycles. The molecule has 1 aliphatic heterocycles. The fourth-order valence-electron chi connectivity index (χ4n) is 2.92. The average Bonchev–Trinajstić information content (AvgIpc) is 2.63. The van der Waals surface area contributed by atoms with Crippen molar-refractivity contribution in [1.82, 2.24) is 4.90 Å². The minimum absolute atomic E-state index is 0.0216. The minimum atomic E-state index is 0.0216. The second kappa shape index (κ2) is 8.93. The van der Waals surface area contributed by atoms with Crippen LogP contribution in [0.3, 0.4) is 0 Å². The quantitative estimate of drug-likeness (QED) is 0.715. The van der Waals surface area contributed by atoms with Gasteiger partial charge in [0.05, 0.1) is 5.75 Å². The van der Waals surface area contributed by atoms with Crippen molar-refractivity contribution in [3.8, 4) is 0 Å². The summed E-state index contributed by atoms with van der Waals surface area (Å²) in [5.74, 6) is 0.426. The average molecular weight is 434 g/mol. The molecule has 0 saturated carbocycles. The number of hydrogen-bond acceptors (Lipinski definition) is 4. The molecule has 0 aliphatic carbocycles. The normalized spacial score (nSPS) is 15.1. The lowest BCUT2D eigenvalue weighted by Crippen LogP contribution is -2.44. The van der Waals surface area contributed by atoms with Crippen LogP contribution < -0.4 is 10.2 Å². The molecule has 0 unspecified atom stereocenters. The standard InChI is InChI=1S/C20H24BrN3OS/c1-15-13-17(24-11-9-23(2)10-12-24)5-8-19(15)22-20(25)14-26-18-6-3-16(21)4-7-18/h3-8,13H,9-12,14H2,1-2H3,(H,22,25). The Hall–Kier alpha value is -1.50. The molecule has 0 bridgehead atoms. The number of nitrogens with one attached hydrogen (secondary N) is 1. The summed E-state index contributed by atoms with van der Waals surface area (Å²) < 4.78 is 1.04. The summed E-state index contributed by atoms with van der Waals surface area (Å²) in [4.78, 5) is 18.1. The number of thioether (sulfide) groups is 1. The molecule has 1 amide bonds. The number of piperazine rings is 1. The molecule has 2 aromatic rings. The van der Waals surface area contributed by atoms with Gasteiger partial charge in [-0.05, 0) is 62.0 Å². The van der Waals surface area contributed by atoms with Crippen LogP contribution >= 0.6 is 27.7 Å². The van der Waals surface area contributed by atoms with Gasteiger partial charge in [-0.3, -0.25) is 4.79 Å². The van der Waals surface area contributed by atoms with Gasteiger partial charge < -0.3 is 15.1 Å². The predicted molar refractivity (Wildman–Crippen MR) is 114 cm³/mol. The molecule has 0 atom stereocenters. The number of benzene rings is 2. The zero-order valence-electron chi connectivity index (χ0n) is 15.2. The highest BCUT2D eigenvalue weighted by molar-refractivity contribution is 9.10. The van der Waals surface area contributed by atoms with Crippen molar-refractivity contribution in [1.29, 1.82) is 0 Å². The first-order valence-electron chi connectivity index (χ1n) is 8.73. The Balaban J connectivity index is 1.55. The molecule has 1 heterocycles. The van der Waals surface area contributed by atoms with E-state index in [0.29, 0.717) is 5.75 Å². The minimum Gasteiger partial charge on any atom is -0.369 e. The van der Waals surface area contributed by atoms with Crippen LogP contribution in [-0.2, 0) is 4.79 Å². The van der Waals surface area contributed by atoms with Gasteiger partial charge in [0.1, 0.15) is 0 Å². The van der Waals surface area contributed by atoms with Crippen LogP contribution in [0.5, 0.6) is 0 Å². The van der Waals surface area contributed by atoms with Gasteiger partial charge >= 0.3 is 0 Å². The van der Waals surface area contributed by atoms with E-state index < -0.39 is 0 Å². The van der Waals surface area contributed by atoms with E-state index in [-0.39, 0.29) is 5.91 Å². The van der Waals surface area contributed by atoms with Gasteiger partial charge in [-0.1, -0.05) is 15.9 Å². The summed E-state index contributed by atoms with van der Waals surface area (Å²) in [7, 11) is 2.16. The van der Waals surface area contributed by atoms with Gasteiger partial charge in [0, 0.05) is 46.9 Å². The number of carbonyl (C=O) groups excluding carboxylic acids is 1. The van der Waals surface area contributed by atoms with Gasteiger partial charge in [0.25, 0.3) is 0 Å². The molecule has 0 aromatic heterocycles. The number of rotatable bonds is 5. The highest BCUT2D eigenvalue weighted by atomic mass is 79.9. The lowest BCUT2D eigenvalue weighted by atomic mass is 10.1. The van der Waals surface area contributed by atoms with E-state index in [4.69, 9.17) is 0 Å². The number of hydrogen-bond donors (Lipinski definition) is 1. The first-order valence-corrected chi connectivity index (χ1v) is 10.5. The zero-order chi connectivity index (χ0) is 18.5. The first-order chi connectivity index (χ1) is 12.5. The molecular formula is C20H24BrN3OS. The molecule has 6 heteroatoms. The molecule has 138 valence electrons. The summed E-state index contributed by atoms with van der Waals surface area (Å²) >= 11 is 4.96. The fourth-order valence-corrected chi connectivity index (χ4v) is 3.88. The van der Waals surface area contributed by atoms with E-state index in [9.17, 15) is 4.79 Å². The van der Waals surface area contributed by atoms with Gasteiger partial charge in [0.15, 0.2) is 0 Å². The van der Waals surface area contributed by atoms with E-state index in [1.54, 1.807) is 11.8 Å². The van der Waals surface area contributed by atoms with Crippen molar-refractivity contribution in [2.45, 2.75) is 11.8 Å². The Morgan fingerprint density at radius 1 is 1.12 bits per heavy atom. The van der Waals surface area contributed by atoms with E-state index >= 15 is 0 Å². The van der Waals surface area contributed by atoms with Gasteiger partial charge in [-0.15, -0.1) is 11.8 Å². The number of aryl methyl sites for hydroxylation is 1. The van der Waals surface area contributed by atoms with Crippen molar-refractivity contribution in [2.24, 2.45) is 0 Å². The summed E-state index contributed by atoms with van der Waals surface area (Å²) in [6, 6.07) is 14.3. The second-order valence-corrected chi connectivity index (χ2v) is 8.54. The van der Waals surface area contributed by atoms with Gasteiger partial charge in [-0.25, -0.2) is 0 Å². The Morgan fingerprint density at radius 2 is 1.81 bits per heavy atom. The van der Waals surface area contributed by atoms with Crippen LogP contribution in [0.25, 0.3) is 0 Å². The van der Waals surface area contributed by atoms with E-state index in [2.05, 4.69) is 57.2 Å². The summed E-state index contributed by atoms with van der Waals surface area (Å²) in [5.41, 5.74) is 3.23. The van der Waals surface area contributed by atoms with E-state index in [1.807, 2.05) is 30.3 Å². The van der Waals surface area contributed by atoms with Crippen molar-refractivity contribution >= 4 is 45.0 Å². The maximum atomic E-state index is 12.3. The number of anilines is 2. The number of amides is 1. The molecule has 26 heavy (non-hydrogen) atoms. The summed E-state index contributed by atoms with van der Waals surface area (Å²) in [6.45, 7) is 6.32. The SMILES string of the molecule is Cc1cc(N2CCN(C)CC2)ccc1NC(=O)CSc1ccc(Br)cc1. The van der Waals surface area contributed by atoms with Crippen LogP contribution in [0.2, 0.25) is 0 Å². The van der Waals surface area contributed by atoms with Crippen LogP contribution in [0.15, 0.2) is 51.8 Å². The summed E-state index contributed by atoms with van der Waals surface area (Å²) in [6.07, 6.45) is 0. The molecule has 0 spiro atoms. The third kappa shape index (κ3) is 5.25. The Kier molecular flexibility index (Phi) is 6.62. The number of carbonyl (C=O) groups is 1. The molecule has 1 aliphatic rings. The largest absolute Gasteiger partial charge is 0.369 e. The maximum Gasteiger partial charge on any atom is 0.234 e. The lowest BCUT2D eigenvalue weighted by Gasteiger charge is -2.34. The third-order valence-electron chi connectivity index (χ3n) is 4.54. The van der Waals surface area contributed by atoms with E-state index in [1.165, 1.54) is 5.69 Å². The molecule has 4 nitrogen and oxygen atoms in total. The highest BCUT2D eigenvalue weighted by Crippen LogP contribution is 2.25. The van der Waals surface area contributed by atoms with Crippen molar-refractivity contribution in [3.05, 3.63) is 52.5 Å². The number of nitrogens with zero attached hydrogens (tertiary/aromatic N) is 2. The van der Waals surface area contributed by atoms with E-state index in [0.717, 1.165) is 46.8 Å². The van der Waals surface area contributed by atoms with Gasteiger partial charge in [-0.2, -0.15) is 0 Å². The first kappa shape index (κ1) is 19.3. The molecule has 1 N–H and O–H groups in total. The van der Waals surface area contributed by atoms with Crippen LogP contribution in [-0.4, -0.2) is 49.8 Å². The Morgan fingerprint density at radius 3 is 2.46 bits per heavy atom. The molecule has 0 radical (unpaired) electrons. The smallest absolute Gasteiger partial charge is 0.234 e. The van der Waals surface area contributed by atoms with Crippen LogP contribution in [0, 0.1) is 6.92 Å². The molecule has 3 rings (SSSR count). The number of halogens is 1. The second-order valence-electron chi connectivity index (χ2n) is 6.58. The predicted octanol–water partition coefficient (Wildman–Crippen LogP) is 4.24. The third-order valence-corrected chi connectivity index (χ3v) is 6.08. The maximum absolute atomic E-state index is 12.3. The monoisotopic (exact) mass is 433 g/mol. The summed E-state index contributed by atoms with van der Waals surface area (Å²) in [5, 5.41) is 3.03. The zero-order valence-corrected chi connectivity index (χ0v) is 17.6. The van der Waals surface area contributed by atoms with Crippen molar-refractivity contribution in [2.75, 3.05) is 49.2 Å².